The van der Waals surface area contributed by atoms with Crippen LogP contribution in [0, 0.1) is 0 Å². The molecule has 0 atom stereocenters. The highest BCUT2D eigenvalue weighted by Gasteiger charge is 1.96. The highest BCUT2D eigenvalue weighted by atomic mass is 79.9. The number of hydrogen-bond acceptors (Lipinski definition) is 3. The molecule has 54 valence electrons. The number of carboxylic acids is 1. The zero-order valence-electron chi connectivity index (χ0n) is 4.96. The van der Waals surface area contributed by atoms with E-state index in [0.717, 1.165) is 9.35 Å². The standard InChI is InChI=1S/C6H5BrO2S/c7-4-1-5(10-3-4)2-6(8)9/h1,3H,2H2,(H,8,9)/p-1. The summed E-state index contributed by atoms with van der Waals surface area (Å²) < 4.78 is 0.925. The molecule has 2 nitrogen and oxygen atoms in total. The Morgan fingerprint density at radius 1 is 1.80 bits per heavy atom. The Kier molecular flexibility index (Phi) is 2.45. The van der Waals surface area contributed by atoms with Crippen LogP contribution in [0.5, 0.6) is 0 Å². The molecular formula is C6H4BrO2S-. The Bertz CT molecular complexity index is 244. The monoisotopic (exact) mass is 219 g/mol. The van der Waals surface area contributed by atoms with Gasteiger partial charge in [0.05, 0.1) is 0 Å². The number of halogens is 1. The largest absolute Gasteiger partial charge is 0.550 e. The van der Waals surface area contributed by atoms with Crippen molar-refractivity contribution in [3.63, 3.8) is 0 Å². The van der Waals surface area contributed by atoms with Gasteiger partial charge < -0.3 is 9.90 Å². The molecule has 0 bridgehead atoms. The number of thiophene rings is 1. The van der Waals surface area contributed by atoms with Crippen LogP contribution >= 0.6 is 27.3 Å². The Morgan fingerprint density at radius 2 is 2.50 bits per heavy atom. The zero-order valence-corrected chi connectivity index (χ0v) is 7.37. The van der Waals surface area contributed by atoms with E-state index in [4.69, 9.17) is 0 Å². The number of carbonyl (C=O) groups is 1. The van der Waals surface area contributed by atoms with Gasteiger partial charge in [0.1, 0.15) is 0 Å². The van der Waals surface area contributed by atoms with Gasteiger partial charge in [0.25, 0.3) is 0 Å². The fourth-order valence-corrected chi connectivity index (χ4v) is 2.03. The quantitative estimate of drug-likeness (QED) is 0.739. The molecule has 0 fully saturated rings. The molecule has 1 heterocycles. The Labute approximate surface area is 70.6 Å². The molecular weight excluding hydrogens is 216 g/mol. The molecule has 0 saturated heterocycles. The first kappa shape index (κ1) is 7.75. The molecule has 10 heavy (non-hydrogen) atoms. The maximum atomic E-state index is 10.1. The van der Waals surface area contributed by atoms with Gasteiger partial charge in [0.15, 0.2) is 0 Å². The van der Waals surface area contributed by atoms with Crippen LogP contribution in [0.1, 0.15) is 4.88 Å². The molecule has 0 aromatic carbocycles. The molecule has 0 N–H and O–H groups in total. The number of carbonyl (C=O) groups excluding carboxylic acids is 1. The van der Waals surface area contributed by atoms with Gasteiger partial charge in [0, 0.05) is 27.1 Å². The molecule has 0 saturated carbocycles. The van der Waals surface area contributed by atoms with Gasteiger partial charge in [-0.3, -0.25) is 0 Å². The number of aliphatic carboxylic acids is 1. The normalized spacial score (nSPS) is 9.70. The minimum atomic E-state index is -1.03. The highest BCUT2D eigenvalue weighted by Crippen LogP contribution is 2.19. The first-order chi connectivity index (χ1) is 4.68. The Balaban J connectivity index is 2.67. The molecule has 0 aliphatic heterocycles. The minimum absolute atomic E-state index is 0.0102. The van der Waals surface area contributed by atoms with Crippen molar-refractivity contribution in [2.24, 2.45) is 0 Å². The third kappa shape index (κ3) is 2.11. The third-order valence-corrected chi connectivity index (χ3v) is 2.64. The van der Waals surface area contributed by atoms with Gasteiger partial charge in [-0.1, -0.05) is 0 Å². The first-order valence-electron chi connectivity index (χ1n) is 2.61. The van der Waals surface area contributed by atoms with Crippen LogP contribution in [0.3, 0.4) is 0 Å². The van der Waals surface area contributed by atoms with Crippen LogP contribution < -0.4 is 5.11 Å². The molecule has 0 aliphatic carbocycles. The van der Waals surface area contributed by atoms with Gasteiger partial charge >= 0.3 is 0 Å². The SMILES string of the molecule is O=C([O-])Cc1cc(Br)cs1. The summed E-state index contributed by atoms with van der Waals surface area (Å²) in [5, 5.41) is 11.9. The van der Waals surface area contributed by atoms with Crippen LogP contribution in [0.25, 0.3) is 0 Å². The molecule has 0 aliphatic rings. The second-order valence-corrected chi connectivity index (χ2v) is 3.69. The van der Waals surface area contributed by atoms with Gasteiger partial charge in [-0.15, -0.1) is 11.3 Å². The van der Waals surface area contributed by atoms with Crippen molar-refractivity contribution in [2.75, 3.05) is 0 Å². The molecule has 4 heteroatoms. The van der Waals surface area contributed by atoms with Crippen molar-refractivity contribution >= 4 is 33.2 Å². The predicted molar refractivity (Wildman–Crippen MR) is 40.7 cm³/mol. The maximum Gasteiger partial charge on any atom is 0.0466 e. The van der Waals surface area contributed by atoms with E-state index in [2.05, 4.69) is 15.9 Å². The molecule has 1 rings (SSSR count). The van der Waals surface area contributed by atoms with E-state index < -0.39 is 5.97 Å². The van der Waals surface area contributed by atoms with E-state index in [0.29, 0.717) is 0 Å². The van der Waals surface area contributed by atoms with E-state index in [-0.39, 0.29) is 6.42 Å². The molecule has 0 radical (unpaired) electrons. The average Bonchev–Trinajstić information content (AvgIpc) is 2.13. The van der Waals surface area contributed by atoms with Gasteiger partial charge in [0.2, 0.25) is 0 Å². The van der Waals surface area contributed by atoms with Crippen molar-refractivity contribution < 1.29 is 9.90 Å². The summed E-state index contributed by atoms with van der Waals surface area (Å²) in [6, 6.07) is 1.78. The van der Waals surface area contributed by atoms with Gasteiger partial charge in [-0.25, -0.2) is 0 Å². The Hall–Kier alpha value is -0.350. The first-order valence-corrected chi connectivity index (χ1v) is 4.28. The second-order valence-electron chi connectivity index (χ2n) is 1.78. The van der Waals surface area contributed by atoms with E-state index in [1.165, 1.54) is 11.3 Å². The van der Waals surface area contributed by atoms with Crippen LogP contribution in [0.2, 0.25) is 0 Å². The summed E-state index contributed by atoms with van der Waals surface area (Å²) in [7, 11) is 0. The third-order valence-electron chi connectivity index (χ3n) is 0.940. The van der Waals surface area contributed by atoms with Crippen LogP contribution in [-0.2, 0) is 11.2 Å². The number of hydrogen-bond donors (Lipinski definition) is 0. The lowest BCUT2D eigenvalue weighted by molar-refractivity contribution is -0.304. The topological polar surface area (TPSA) is 40.1 Å². The Morgan fingerprint density at radius 3 is 2.90 bits per heavy atom. The lowest BCUT2D eigenvalue weighted by atomic mass is 10.3. The van der Waals surface area contributed by atoms with Crippen molar-refractivity contribution in [2.45, 2.75) is 6.42 Å². The van der Waals surface area contributed by atoms with Crippen molar-refractivity contribution in [3.05, 3.63) is 20.8 Å². The lowest BCUT2D eigenvalue weighted by Crippen LogP contribution is -2.23. The van der Waals surface area contributed by atoms with Gasteiger partial charge in [-0.05, 0) is 22.0 Å². The van der Waals surface area contributed by atoms with Gasteiger partial charge in [-0.2, -0.15) is 0 Å². The van der Waals surface area contributed by atoms with Crippen LogP contribution in [0.4, 0.5) is 0 Å². The lowest BCUT2D eigenvalue weighted by Gasteiger charge is -1.95. The molecule has 1 aromatic rings. The summed E-state index contributed by atoms with van der Waals surface area (Å²) >= 11 is 4.63. The fourth-order valence-electron chi connectivity index (χ4n) is 0.589. The van der Waals surface area contributed by atoms with E-state index in [1.807, 2.05) is 5.38 Å². The molecule has 1 aromatic heterocycles. The zero-order chi connectivity index (χ0) is 7.56. The summed E-state index contributed by atoms with van der Waals surface area (Å²) in [6.07, 6.45) is 0.0102. The van der Waals surface area contributed by atoms with Crippen LogP contribution in [-0.4, -0.2) is 5.97 Å². The van der Waals surface area contributed by atoms with Crippen molar-refractivity contribution in [3.8, 4) is 0 Å². The fraction of sp³-hybridized carbons (Fsp3) is 0.167. The predicted octanol–water partition coefficient (Wildman–Crippen LogP) is 0.803. The summed E-state index contributed by atoms with van der Waals surface area (Å²) in [4.78, 5) is 10.9. The average molecular weight is 220 g/mol. The van der Waals surface area contributed by atoms with Crippen LogP contribution in [0.15, 0.2) is 15.9 Å². The maximum absolute atomic E-state index is 10.1. The molecule has 0 unspecified atom stereocenters. The highest BCUT2D eigenvalue weighted by molar-refractivity contribution is 9.10. The minimum Gasteiger partial charge on any atom is -0.550 e. The summed E-state index contributed by atoms with van der Waals surface area (Å²) in [5.41, 5.74) is 0. The smallest absolute Gasteiger partial charge is 0.0466 e. The van der Waals surface area contributed by atoms with E-state index in [1.54, 1.807) is 6.07 Å². The molecule has 0 amide bonds. The molecule has 0 spiro atoms. The summed E-state index contributed by atoms with van der Waals surface area (Å²) in [6.45, 7) is 0. The number of carboxylic acid groups (broad SMARTS) is 1. The number of rotatable bonds is 2. The second kappa shape index (κ2) is 3.16. The van der Waals surface area contributed by atoms with Crippen molar-refractivity contribution in [1.29, 1.82) is 0 Å². The van der Waals surface area contributed by atoms with E-state index in [9.17, 15) is 9.90 Å². The van der Waals surface area contributed by atoms with E-state index >= 15 is 0 Å². The summed E-state index contributed by atoms with van der Waals surface area (Å²) in [5.74, 6) is -1.03. The van der Waals surface area contributed by atoms with Crippen molar-refractivity contribution in [1.82, 2.24) is 0 Å².